The first kappa shape index (κ1) is 20.2. The number of nitrogens with zero attached hydrogens (tertiary/aromatic N) is 2. The van der Waals surface area contributed by atoms with Gasteiger partial charge in [0.05, 0.1) is 19.4 Å². The van der Waals surface area contributed by atoms with Gasteiger partial charge in [0.25, 0.3) is 11.5 Å². The number of ether oxygens (including phenoxy) is 2. The van der Waals surface area contributed by atoms with E-state index < -0.39 is 5.91 Å². The third-order valence-corrected chi connectivity index (χ3v) is 3.71. The Hall–Kier alpha value is -3.09. The second-order valence-corrected chi connectivity index (χ2v) is 6.50. The third-order valence-electron chi connectivity index (χ3n) is 3.71. The number of hydrazone groups is 1. The molecule has 1 aromatic heterocycles. The van der Waals surface area contributed by atoms with Crippen LogP contribution in [0, 0.1) is 0 Å². The second-order valence-electron chi connectivity index (χ2n) is 6.50. The lowest BCUT2D eigenvalue weighted by molar-refractivity contribution is 0.0953. The van der Waals surface area contributed by atoms with Crippen molar-refractivity contribution in [2.75, 3.05) is 7.11 Å². The van der Waals surface area contributed by atoms with Gasteiger partial charge in [0, 0.05) is 12.2 Å². The number of nitrogens with one attached hydrogen (secondary N) is 1. The summed E-state index contributed by atoms with van der Waals surface area (Å²) in [5.74, 6) is 0.646. The molecule has 1 N–H and O–H groups in total. The fourth-order valence-electron chi connectivity index (χ4n) is 2.43. The lowest BCUT2D eigenvalue weighted by Gasteiger charge is -2.13. The molecule has 0 aliphatic heterocycles. The van der Waals surface area contributed by atoms with Crippen molar-refractivity contribution in [3.05, 3.63) is 58.0 Å². The van der Waals surface area contributed by atoms with Crippen molar-refractivity contribution < 1.29 is 14.3 Å². The smallest absolute Gasteiger partial charge is 0.276 e. The molecule has 0 fully saturated rings. The first-order valence-corrected chi connectivity index (χ1v) is 8.72. The van der Waals surface area contributed by atoms with E-state index in [9.17, 15) is 9.59 Å². The maximum atomic E-state index is 12.3. The van der Waals surface area contributed by atoms with Crippen LogP contribution in [0.25, 0.3) is 0 Å². The lowest BCUT2D eigenvalue weighted by atomic mass is 10.2. The van der Waals surface area contributed by atoms with Gasteiger partial charge in [-0.05, 0) is 63.6 Å². The molecule has 2 aromatic rings. The van der Waals surface area contributed by atoms with Gasteiger partial charge in [0.15, 0.2) is 11.5 Å². The standard InChI is InChI=1S/C20H25N3O4/c1-13(2)23-10-6-7-16(20(23)25)19(24)22-21-12-15-8-9-17(26-5)18(11-15)27-14(3)4/h6-14H,1-5H3,(H,22,24)/b21-12-. The summed E-state index contributed by atoms with van der Waals surface area (Å²) in [6.07, 6.45) is 3.13. The van der Waals surface area contributed by atoms with Gasteiger partial charge in [0.1, 0.15) is 5.56 Å². The van der Waals surface area contributed by atoms with Crippen molar-refractivity contribution in [2.24, 2.45) is 5.10 Å². The molecule has 1 heterocycles. The third kappa shape index (κ3) is 5.20. The van der Waals surface area contributed by atoms with E-state index in [1.165, 1.54) is 16.8 Å². The molecule has 0 bridgehead atoms. The number of carbonyl (C=O) groups excluding carboxylic acids is 1. The number of hydrogen-bond acceptors (Lipinski definition) is 5. The van der Waals surface area contributed by atoms with Crippen molar-refractivity contribution in [3.63, 3.8) is 0 Å². The summed E-state index contributed by atoms with van der Waals surface area (Å²) in [5, 5.41) is 3.94. The molecular weight excluding hydrogens is 346 g/mol. The summed E-state index contributed by atoms with van der Waals surface area (Å²) < 4.78 is 12.5. The number of rotatable bonds is 7. The maximum Gasteiger partial charge on any atom is 0.276 e. The van der Waals surface area contributed by atoms with Crippen molar-refractivity contribution in [2.45, 2.75) is 39.8 Å². The predicted molar refractivity (Wildman–Crippen MR) is 105 cm³/mol. The quantitative estimate of drug-likeness (QED) is 0.599. The molecule has 1 aromatic carbocycles. The molecule has 1 amide bonds. The summed E-state index contributed by atoms with van der Waals surface area (Å²) in [7, 11) is 1.57. The zero-order valence-electron chi connectivity index (χ0n) is 16.2. The highest BCUT2D eigenvalue weighted by atomic mass is 16.5. The van der Waals surface area contributed by atoms with E-state index in [1.807, 2.05) is 27.7 Å². The Kier molecular flexibility index (Phi) is 6.76. The number of benzene rings is 1. The summed E-state index contributed by atoms with van der Waals surface area (Å²) in [6, 6.07) is 8.43. The van der Waals surface area contributed by atoms with E-state index in [1.54, 1.807) is 37.6 Å². The van der Waals surface area contributed by atoms with Gasteiger partial charge in [-0.2, -0.15) is 5.10 Å². The van der Waals surface area contributed by atoms with Crippen molar-refractivity contribution in [1.82, 2.24) is 9.99 Å². The number of hydrogen-bond donors (Lipinski definition) is 1. The molecule has 0 aliphatic rings. The number of carbonyl (C=O) groups is 1. The summed E-state index contributed by atoms with van der Waals surface area (Å²) in [6.45, 7) is 7.60. The highest BCUT2D eigenvalue weighted by molar-refractivity contribution is 5.94. The van der Waals surface area contributed by atoms with Gasteiger partial charge < -0.3 is 14.0 Å². The summed E-state index contributed by atoms with van der Waals surface area (Å²) in [4.78, 5) is 24.6. The molecule has 7 nitrogen and oxygen atoms in total. The molecule has 0 atom stereocenters. The van der Waals surface area contributed by atoms with Gasteiger partial charge in [-0.15, -0.1) is 0 Å². The summed E-state index contributed by atoms with van der Waals surface area (Å²) >= 11 is 0. The fraction of sp³-hybridized carbons (Fsp3) is 0.350. The van der Waals surface area contributed by atoms with Crippen LogP contribution >= 0.6 is 0 Å². The molecule has 0 unspecified atom stereocenters. The number of pyridine rings is 1. The Labute approximate surface area is 158 Å². The Morgan fingerprint density at radius 2 is 1.93 bits per heavy atom. The minimum absolute atomic E-state index is 0.00741. The van der Waals surface area contributed by atoms with E-state index in [2.05, 4.69) is 10.5 Å². The minimum atomic E-state index is -0.557. The number of aromatic nitrogens is 1. The van der Waals surface area contributed by atoms with Crippen LogP contribution in [0.3, 0.4) is 0 Å². The summed E-state index contributed by atoms with van der Waals surface area (Å²) in [5.41, 5.74) is 2.80. The van der Waals surface area contributed by atoms with Gasteiger partial charge in [-0.25, -0.2) is 5.43 Å². The van der Waals surface area contributed by atoms with Crippen LogP contribution in [-0.4, -0.2) is 29.9 Å². The average Bonchev–Trinajstić information content (AvgIpc) is 2.61. The molecule has 0 spiro atoms. The van der Waals surface area contributed by atoms with E-state index >= 15 is 0 Å². The highest BCUT2D eigenvalue weighted by Crippen LogP contribution is 2.28. The van der Waals surface area contributed by atoms with Crippen molar-refractivity contribution >= 4 is 12.1 Å². The van der Waals surface area contributed by atoms with Crippen LogP contribution in [0.1, 0.15) is 49.7 Å². The molecule has 144 valence electrons. The second kappa shape index (κ2) is 9.02. The monoisotopic (exact) mass is 371 g/mol. The van der Waals surface area contributed by atoms with Crippen LogP contribution in [0.2, 0.25) is 0 Å². The topological polar surface area (TPSA) is 81.9 Å². The van der Waals surface area contributed by atoms with Crippen LogP contribution in [0.4, 0.5) is 0 Å². The van der Waals surface area contributed by atoms with Crippen molar-refractivity contribution in [1.29, 1.82) is 0 Å². The molecule has 27 heavy (non-hydrogen) atoms. The Morgan fingerprint density at radius 1 is 1.19 bits per heavy atom. The molecule has 0 aliphatic carbocycles. The van der Waals surface area contributed by atoms with Crippen LogP contribution in [0.5, 0.6) is 11.5 Å². The molecule has 2 rings (SSSR count). The molecule has 7 heteroatoms. The van der Waals surface area contributed by atoms with E-state index in [-0.39, 0.29) is 23.3 Å². The van der Waals surface area contributed by atoms with E-state index in [0.717, 1.165) is 5.56 Å². The first-order chi connectivity index (χ1) is 12.8. The normalized spacial score (nSPS) is 11.2. The Morgan fingerprint density at radius 3 is 2.56 bits per heavy atom. The zero-order chi connectivity index (χ0) is 20.0. The van der Waals surface area contributed by atoms with Gasteiger partial charge in [-0.1, -0.05) is 0 Å². The van der Waals surface area contributed by atoms with Crippen LogP contribution in [-0.2, 0) is 0 Å². The SMILES string of the molecule is COc1ccc(/C=N\NC(=O)c2cccn(C(C)C)c2=O)cc1OC(C)C. The fourth-order valence-corrected chi connectivity index (χ4v) is 2.43. The number of amides is 1. The van der Waals surface area contributed by atoms with Gasteiger partial charge in [-0.3, -0.25) is 9.59 Å². The van der Waals surface area contributed by atoms with Gasteiger partial charge >= 0.3 is 0 Å². The average molecular weight is 371 g/mol. The molecule has 0 saturated carbocycles. The van der Waals surface area contributed by atoms with E-state index in [4.69, 9.17) is 9.47 Å². The minimum Gasteiger partial charge on any atom is -0.493 e. The molecular formula is C20H25N3O4. The van der Waals surface area contributed by atoms with Crippen LogP contribution < -0.4 is 20.5 Å². The Bertz CT molecular complexity index is 885. The zero-order valence-corrected chi connectivity index (χ0v) is 16.2. The van der Waals surface area contributed by atoms with E-state index in [0.29, 0.717) is 11.5 Å². The largest absolute Gasteiger partial charge is 0.493 e. The first-order valence-electron chi connectivity index (χ1n) is 8.72. The van der Waals surface area contributed by atoms with Crippen LogP contribution in [0.15, 0.2) is 46.4 Å². The number of methoxy groups -OCH3 is 1. The highest BCUT2D eigenvalue weighted by Gasteiger charge is 2.12. The lowest BCUT2D eigenvalue weighted by Crippen LogP contribution is -2.31. The van der Waals surface area contributed by atoms with Gasteiger partial charge in [0.2, 0.25) is 0 Å². The molecule has 0 saturated heterocycles. The molecule has 0 radical (unpaired) electrons. The predicted octanol–water partition coefficient (Wildman–Crippen LogP) is 2.99. The Balaban J connectivity index is 2.15. The van der Waals surface area contributed by atoms with Crippen molar-refractivity contribution in [3.8, 4) is 11.5 Å². The maximum absolute atomic E-state index is 12.3.